The van der Waals surface area contributed by atoms with Crippen molar-refractivity contribution in [2.75, 3.05) is 18.5 Å². The Morgan fingerprint density at radius 1 is 1.22 bits per heavy atom. The number of carbonyl (C=O) groups excluding carboxylic acids is 3. The number of nitrogens with one attached hydrogen (secondary N) is 2. The van der Waals surface area contributed by atoms with E-state index in [0.29, 0.717) is 12.3 Å². The zero-order valence-corrected chi connectivity index (χ0v) is 21.6. The number of benzene rings is 2. The number of urea groups is 1. The number of amides is 4. The molecule has 4 amide bonds. The number of carbonyl (C=O) groups is 3. The molecule has 7 nitrogen and oxygen atoms in total. The van der Waals surface area contributed by atoms with Crippen LogP contribution in [0.3, 0.4) is 0 Å². The average molecular weight is 657 g/mol. The summed E-state index contributed by atoms with van der Waals surface area (Å²) in [6, 6.07) is 10.5. The number of hydrogen-bond acceptors (Lipinski definition) is 4. The molecule has 0 atom stereocenters. The van der Waals surface area contributed by atoms with Gasteiger partial charge in [0.15, 0.2) is 0 Å². The Hall–Kier alpha value is -2.41. The van der Waals surface area contributed by atoms with Crippen LogP contribution in [-0.2, 0) is 16.0 Å². The molecule has 2 N–H and O–H groups in total. The minimum Gasteiger partial charge on any atom is -0.487 e. The maximum atomic E-state index is 12.8. The first-order chi connectivity index (χ1) is 15.3. The molecular formula is C23H21I2N3O4. The number of ether oxygens (including phenoxy) is 1. The molecule has 0 bridgehead atoms. The number of aryl methyl sites for hydroxylation is 1. The van der Waals surface area contributed by atoms with Gasteiger partial charge < -0.3 is 15.4 Å². The smallest absolute Gasteiger partial charge is 0.329 e. The van der Waals surface area contributed by atoms with Gasteiger partial charge in [0.2, 0.25) is 5.91 Å². The van der Waals surface area contributed by atoms with Crippen LogP contribution in [0.5, 0.6) is 5.75 Å². The first kappa shape index (κ1) is 24.2. The third kappa shape index (κ3) is 5.68. The fraction of sp³-hybridized carbons (Fsp3) is 0.174. The number of rotatable bonds is 8. The van der Waals surface area contributed by atoms with Crippen molar-refractivity contribution in [1.29, 1.82) is 0 Å². The average Bonchev–Trinajstić information content (AvgIpc) is 3.01. The maximum Gasteiger partial charge on any atom is 0.329 e. The summed E-state index contributed by atoms with van der Waals surface area (Å²) in [7, 11) is 0. The predicted octanol–water partition coefficient (Wildman–Crippen LogP) is 4.55. The molecular weight excluding hydrogens is 636 g/mol. The Morgan fingerprint density at radius 3 is 2.56 bits per heavy atom. The summed E-state index contributed by atoms with van der Waals surface area (Å²) < 4.78 is 7.40. The van der Waals surface area contributed by atoms with Gasteiger partial charge in [0.25, 0.3) is 5.91 Å². The Morgan fingerprint density at radius 2 is 1.91 bits per heavy atom. The van der Waals surface area contributed by atoms with Crippen molar-refractivity contribution in [3.05, 3.63) is 73.0 Å². The Labute approximate surface area is 213 Å². The molecule has 0 aromatic heterocycles. The van der Waals surface area contributed by atoms with Gasteiger partial charge in [-0.3, -0.25) is 9.59 Å². The minimum absolute atomic E-state index is 0.114. The monoisotopic (exact) mass is 657 g/mol. The lowest BCUT2D eigenvalue weighted by Crippen LogP contribution is -2.38. The van der Waals surface area contributed by atoms with Crippen LogP contribution >= 0.6 is 45.2 Å². The van der Waals surface area contributed by atoms with Gasteiger partial charge in [0.1, 0.15) is 24.6 Å². The van der Waals surface area contributed by atoms with Crippen molar-refractivity contribution in [2.45, 2.75) is 13.3 Å². The van der Waals surface area contributed by atoms with E-state index < -0.39 is 17.8 Å². The van der Waals surface area contributed by atoms with Gasteiger partial charge in [-0.05, 0) is 87.0 Å². The van der Waals surface area contributed by atoms with Crippen molar-refractivity contribution in [2.24, 2.45) is 0 Å². The normalized spacial score (nSPS) is 14.5. The van der Waals surface area contributed by atoms with Gasteiger partial charge in [0.05, 0.1) is 7.14 Å². The van der Waals surface area contributed by atoms with Crippen LogP contribution in [0, 0.1) is 7.14 Å². The lowest BCUT2D eigenvalue weighted by atomic mass is 10.1. The molecule has 9 heteroatoms. The Balaban J connectivity index is 1.73. The molecule has 1 aliphatic rings. The second-order valence-electron chi connectivity index (χ2n) is 6.85. The molecule has 0 radical (unpaired) electrons. The van der Waals surface area contributed by atoms with E-state index in [1.807, 2.05) is 37.3 Å². The molecule has 2 aromatic rings. The molecule has 166 valence electrons. The molecule has 0 unspecified atom stereocenters. The van der Waals surface area contributed by atoms with E-state index in [0.717, 1.165) is 35.3 Å². The quantitative estimate of drug-likeness (QED) is 0.189. The fourth-order valence-corrected chi connectivity index (χ4v) is 5.24. The SMILES string of the molecule is C=CCOc1c(I)cc(/C=C2/NC(=O)N(CC(=O)Nc3ccccc3CC)C2=O)cc1I. The third-order valence-corrected chi connectivity index (χ3v) is 6.22. The van der Waals surface area contributed by atoms with E-state index in [-0.39, 0.29) is 12.2 Å². The van der Waals surface area contributed by atoms with E-state index in [1.165, 1.54) is 0 Å². The largest absolute Gasteiger partial charge is 0.487 e. The summed E-state index contributed by atoms with van der Waals surface area (Å²) in [6.07, 6.45) is 4.01. The Kier molecular flexibility index (Phi) is 8.29. The number of para-hydroxylation sites is 1. The molecule has 1 aliphatic heterocycles. The van der Waals surface area contributed by atoms with Crippen LogP contribution in [0.25, 0.3) is 6.08 Å². The van der Waals surface area contributed by atoms with E-state index in [2.05, 4.69) is 62.4 Å². The molecule has 0 aliphatic carbocycles. The lowest BCUT2D eigenvalue weighted by molar-refractivity contribution is -0.127. The lowest BCUT2D eigenvalue weighted by Gasteiger charge is -2.13. The van der Waals surface area contributed by atoms with Crippen LogP contribution in [-0.4, -0.2) is 35.9 Å². The number of nitrogens with zero attached hydrogens (tertiary/aromatic N) is 1. The fourth-order valence-electron chi connectivity index (χ4n) is 3.11. The van der Waals surface area contributed by atoms with Crippen molar-refractivity contribution < 1.29 is 19.1 Å². The van der Waals surface area contributed by atoms with Crippen molar-refractivity contribution >= 4 is 74.8 Å². The van der Waals surface area contributed by atoms with Gasteiger partial charge in [-0.2, -0.15) is 0 Å². The number of halogens is 2. The first-order valence-corrected chi connectivity index (χ1v) is 11.9. The minimum atomic E-state index is -0.629. The standard InChI is InChI=1S/C23H21I2N3O4/c1-3-9-32-21-16(24)10-14(11-17(21)25)12-19-22(30)28(23(31)27-19)13-20(29)26-18-8-6-5-7-15(18)4-2/h3,5-8,10-12H,1,4,9,13H2,2H3,(H,26,29)(H,27,31)/b19-12+. The highest BCUT2D eigenvalue weighted by Crippen LogP contribution is 2.30. The van der Waals surface area contributed by atoms with E-state index in [1.54, 1.807) is 18.2 Å². The van der Waals surface area contributed by atoms with E-state index in [4.69, 9.17) is 4.74 Å². The summed E-state index contributed by atoms with van der Waals surface area (Å²) in [6.45, 7) is 5.65. The summed E-state index contributed by atoms with van der Waals surface area (Å²) in [5, 5.41) is 5.33. The number of anilines is 1. The van der Waals surface area contributed by atoms with Crippen LogP contribution < -0.4 is 15.4 Å². The van der Waals surface area contributed by atoms with E-state index >= 15 is 0 Å². The highest BCUT2D eigenvalue weighted by Gasteiger charge is 2.35. The second-order valence-corrected chi connectivity index (χ2v) is 9.18. The topological polar surface area (TPSA) is 87.7 Å². The molecule has 0 saturated carbocycles. The van der Waals surface area contributed by atoms with Gasteiger partial charge in [-0.1, -0.05) is 37.8 Å². The molecule has 1 saturated heterocycles. The Bertz CT molecular complexity index is 1090. The summed E-state index contributed by atoms with van der Waals surface area (Å²) in [5.74, 6) is -0.255. The highest BCUT2D eigenvalue weighted by atomic mass is 127. The highest BCUT2D eigenvalue weighted by molar-refractivity contribution is 14.1. The maximum absolute atomic E-state index is 12.8. The third-order valence-electron chi connectivity index (χ3n) is 4.61. The molecule has 1 fully saturated rings. The summed E-state index contributed by atoms with van der Waals surface area (Å²) in [5.41, 5.74) is 2.49. The molecule has 1 heterocycles. The zero-order valence-electron chi connectivity index (χ0n) is 17.3. The molecule has 0 spiro atoms. The van der Waals surface area contributed by atoms with Crippen LogP contribution in [0.1, 0.15) is 18.1 Å². The number of hydrogen-bond donors (Lipinski definition) is 2. The predicted molar refractivity (Wildman–Crippen MR) is 140 cm³/mol. The first-order valence-electron chi connectivity index (χ1n) is 9.79. The van der Waals surface area contributed by atoms with Crippen molar-refractivity contribution in [1.82, 2.24) is 10.2 Å². The van der Waals surface area contributed by atoms with Crippen LogP contribution in [0.15, 0.2) is 54.8 Å². The number of imide groups is 1. The van der Waals surface area contributed by atoms with E-state index in [9.17, 15) is 14.4 Å². The van der Waals surface area contributed by atoms with Gasteiger partial charge in [0, 0.05) is 5.69 Å². The molecule has 2 aromatic carbocycles. The van der Waals surface area contributed by atoms with Gasteiger partial charge >= 0.3 is 6.03 Å². The molecule has 3 rings (SSSR count). The van der Waals surface area contributed by atoms with Crippen LogP contribution in [0.2, 0.25) is 0 Å². The van der Waals surface area contributed by atoms with Gasteiger partial charge in [-0.15, -0.1) is 0 Å². The molecule has 32 heavy (non-hydrogen) atoms. The van der Waals surface area contributed by atoms with Crippen molar-refractivity contribution in [3.8, 4) is 5.75 Å². The van der Waals surface area contributed by atoms with Crippen LogP contribution in [0.4, 0.5) is 10.5 Å². The zero-order chi connectivity index (χ0) is 23.3. The van der Waals surface area contributed by atoms with Gasteiger partial charge in [-0.25, -0.2) is 9.69 Å². The van der Waals surface area contributed by atoms with Crippen molar-refractivity contribution in [3.63, 3.8) is 0 Å². The summed E-state index contributed by atoms with van der Waals surface area (Å²) in [4.78, 5) is 38.5. The second kappa shape index (κ2) is 10.9. The summed E-state index contributed by atoms with van der Waals surface area (Å²) >= 11 is 4.31.